The number of urea groups is 1. The maximum Gasteiger partial charge on any atom is 0.321 e. The maximum atomic E-state index is 12.8. The van der Waals surface area contributed by atoms with Crippen LogP contribution >= 0.6 is 11.3 Å². The zero-order chi connectivity index (χ0) is 17.9. The number of carbonyl (C=O) groups excluding carboxylic acids is 1. The number of H-pyrrole nitrogens is 1. The summed E-state index contributed by atoms with van der Waals surface area (Å²) in [6.45, 7) is 3.50. The number of thiophene rings is 1. The number of nitrogens with one attached hydrogen (secondary N) is 2. The molecule has 134 valence electrons. The molecule has 1 atom stereocenters. The highest BCUT2D eigenvalue weighted by atomic mass is 32.1. The summed E-state index contributed by atoms with van der Waals surface area (Å²) in [7, 11) is 0. The van der Waals surface area contributed by atoms with Crippen molar-refractivity contribution in [1.29, 1.82) is 0 Å². The Bertz CT molecular complexity index is 889. The molecule has 4 heterocycles. The van der Waals surface area contributed by atoms with Gasteiger partial charge in [-0.05, 0) is 44.0 Å². The fourth-order valence-electron chi connectivity index (χ4n) is 3.34. The van der Waals surface area contributed by atoms with E-state index in [0.29, 0.717) is 6.54 Å². The van der Waals surface area contributed by atoms with Crippen LogP contribution in [0.25, 0.3) is 10.6 Å². The molecule has 0 aromatic carbocycles. The van der Waals surface area contributed by atoms with Gasteiger partial charge in [0.05, 0.1) is 10.6 Å². The Hall–Kier alpha value is -2.67. The summed E-state index contributed by atoms with van der Waals surface area (Å²) in [5.41, 5.74) is 1.57. The summed E-state index contributed by atoms with van der Waals surface area (Å²) in [6, 6.07) is 7.79. The molecule has 1 aliphatic heterocycles. The maximum absolute atomic E-state index is 12.8. The van der Waals surface area contributed by atoms with E-state index >= 15 is 0 Å². The number of hydrogen-bond donors (Lipinski definition) is 2. The van der Waals surface area contributed by atoms with E-state index in [2.05, 4.69) is 33.3 Å². The van der Waals surface area contributed by atoms with Crippen LogP contribution < -0.4 is 5.32 Å². The number of imidazole rings is 1. The number of rotatable bonds is 3. The first kappa shape index (κ1) is 16.8. The Balaban J connectivity index is 1.50. The molecule has 7 heteroatoms. The van der Waals surface area contributed by atoms with Crippen LogP contribution in [0.3, 0.4) is 0 Å². The third-order valence-corrected chi connectivity index (χ3v) is 5.65. The number of pyridine rings is 1. The highest BCUT2D eigenvalue weighted by Gasteiger charge is 2.26. The molecule has 2 N–H and O–H groups in total. The zero-order valence-electron chi connectivity index (χ0n) is 14.6. The molecular formula is C19H21N5OS. The van der Waals surface area contributed by atoms with E-state index in [1.54, 1.807) is 23.7 Å². The van der Waals surface area contributed by atoms with E-state index in [-0.39, 0.29) is 11.9 Å². The molecule has 1 unspecified atom stereocenters. The first-order valence-electron chi connectivity index (χ1n) is 8.78. The molecule has 0 radical (unpaired) electrons. The highest BCUT2D eigenvalue weighted by Crippen LogP contribution is 2.32. The van der Waals surface area contributed by atoms with Gasteiger partial charge < -0.3 is 15.2 Å². The van der Waals surface area contributed by atoms with Crippen LogP contribution in [0.4, 0.5) is 10.5 Å². The fourth-order valence-corrected chi connectivity index (χ4v) is 4.22. The van der Waals surface area contributed by atoms with Gasteiger partial charge in [-0.25, -0.2) is 9.78 Å². The van der Waals surface area contributed by atoms with Gasteiger partial charge in [0, 0.05) is 42.5 Å². The topological polar surface area (TPSA) is 73.9 Å². The van der Waals surface area contributed by atoms with E-state index in [1.807, 2.05) is 29.3 Å². The Morgan fingerprint density at radius 1 is 1.31 bits per heavy atom. The molecule has 0 spiro atoms. The molecule has 3 aromatic heterocycles. The minimum atomic E-state index is -0.0798. The number of aromatic amines is 1. The molecule has 0 bridgehead atoms. The number of anilines is 1. The van der Waals surface area contributed by atoms with Crippen molar-refractivity contribution in [2.75, 3.05) is 18.4 Å². The van der Waals surface area contributed by atoms with E-state index in [4.69, 9.17) is 0 Å². The molecule has 6 nitrogen and oxygen atoms in total. The van der Waals surface area contributed by atoms with Crippen molar-refractivity contribution in [3.05, 3.63) is 53.6 Å². The van der Waals surface area contributed by atoms with E-state index in [0.717, 1.165) is 41.5 Å². The molecular weight excluding hydrogens is 346 g/mol. The summed E-state index contributed by atoms with van der Waals surface area (Å²) in [4.78, 5) is 29.0. The minimum Gasteiger partial charge on any atom is -0.348 e. The van der Waals surface area contributed by atoms with Crippen LogP contribution in [-0.4, -0.2) is 39.0 Å². The molecule has 0 aliphatic carbocycles. The van der Waals surface area contributed by atoms with Crippen molar-refractivity contribution in [2.45, 2.75) is 25.7 Å². The molecule has 4 rings (SSSR count). The third-order valence-electron chi connectivity index (χ3n) is 4.64. The van der Waals surface area contributed by atoms with Crippen LogP contribution in [0.15, 0.2) is 42.9 Å². The largest absolute Gasteiger partial charge is 0.348 e. The Morgan fingerprint density at radius 3 is 3.00 bits per heavy atom. The molecule has 2 amide bonds. The van der Waals surface area contributed by atoms with Crippen LogP contribution in [-0.2, 0) is 0 Å². The molecule has 1 aliphatic rings. The lowest BCUT2D eigenvalue weighted by Crippen LogP contribution is -2.41. The van der Waals surface area contributed by atoms with Crippen molar-refractivity contribution in [3.8, 4) is 10.6 Å². The number of hydrogen-bond acceptors (Lipinski definition) is 4. The van der Waals surface area contributed by atoms with Gasteiger partial charge in [-0.2, -0.15) is 0 Å². The monoisotopic (exact) mass is 367 g/mol. The van der Waals surface area contributed by atoms with Gasteiger partial charge in [0.1, 0.15) is 11.5 Å². The van der Waals surface area contributed by atoms with Gasteiger partial charge in [-0.15, -0.1) is 11.3 Å². The van der Waals surface area contributed by atoms with Crippen LogP contribution in [0, 0.1) is 6.92 Å². The molecule has 1 fully saturated rings. The smallest absolute Gasteiger partial charge is 0.321 e. The number of likely N-dealkylation sites (tertiary alicyclic amines) is 1. The summed E-state index contributed by atoms with van der Waals surface area (Å²) in [5.74, 6) is 1.22. The van der Waals surface area contributed by atoms with Crippen molar-refractivity contribution in [2.24, 2.45) is 0 Å². The second-order valence-corrected chi connectivity index (χ2v) is 7.79. The van der Waals surface area contributed by atoms with E-state index in [9.17, 15) is 4.79 Å². The molecule has 3 aromatic rings. The summed E-state index contributed by atoms with van der Waals surface area (Å²) >= 11 is 1.68. The van der Waals surface area contributed by atoms with Gasteiger partial charge in [-0.3, -0.25) is 4.98 Å². The Kier molecular flexibility index (Phi) is 4.71. The highest BCUT2D eigenvalue weighted by molar-refractivity contribution is 7.15. The molecule has 26 heavy (non-hydrogen) atoms. The van der Waals surface area contributed by atoms with Gasteiger partial charge in [0.2, 0.25) is 0 Å². The standard InChI is InChI=1S/C19H21N5OS/c1-13-6-7-16(26-13)17-15(5-2-8-20-17)23-19(25)24-11-3-4-14(12-24)18-21-9-10-22-18/h2,5-10,14H,3-4,11-12H2,1H3,(H,21,22)(H,23,25). The molecule has 0 saturated carbocycles. The van der Waals surface area contributed by atoms with Gasteiger partial charge in [-0.1, -0.05) is 0 Å². The summed E-state index contributed by atoms with van der Waals surface area (Å²) in [5, 5.41) is 3.05. The van der Waals surface area contributed by atoms with Crippen molar-refractivity contribution in [3.63, 3.8) is 0 Å². The van der Waals surface area contributed by atoms with Crippen LogP contribution in [0.5, 0.6) is 0 Å². The quantitative estimate of drug-likeness (QED) is 0.727. The van der Waals surface area contributed by atoms with Crippen LogP contribution in [0.1, 0.15) is 29.5 Å². The Labute approximate surface area is 156 Å². The molecule has 1 saturated heterocycles. The number of carbonyl (C=O) groups is 1. The second kappa shape index (κ2) is 7.29. The number of aryl methyl sites for hydroxylation is 1. The fraction of sp³-hybridized carbons (Fsp3) is 0.316. The average molecular weight is 367 g/mol. The van der Waals surface area contributed by atoms with E-state index < -0.39 is 0 Å². The average Bonchev–Trinajstić information content (AvgIpc) is 3.34. The van der Waals surface area contributed by atoms with Crippen molar-refractivity contribution in [1.82, 2.24) is 19.9 Å². The summed E-state index contributed by atoms with van der Waals surface area (Å²) in [6.07, 6.45) is 7.37. The lowest BCUT2D eigenvalue weighted by Gasteiger charge is -2.32. The second-order valence-electron chi connectivity index (χ2n) is 6.50. The minimum absolute atomic E-state index is 0.0798. The number of piperidine rings is 1. The lowest BCUT2D eigenvalue weighted by molar-refractivity contribution is 0.191. The predicted molar refractivity (Wildman–Crippen MR) is 103 cm³/mol. The van der Waals surface area contributed by atoms with E-state index in [1.165, 1.54) is 4.88 Å². The SMILES string of the molecule is Cc1ccc(-c2ncccc2NC(=O)N2CCCC(c3ncc[nH]3)C2)s1. The normalized spacial score (nSPS) is 17.3. The first-order valence-corrected chi connectivity index (χ1v) is 9.59. The van der Waals surface area contributed by atoms with Crippen LogP contribution in [0.2, 0.25) is 0 Å². The predicted octanol–water partition coefficient (Wildman–Crippen LogP) is 4.25. The number of nitrogens with zero attached hydrogens (tertiary/aromatic N) is 3. The van der Waals surface area contributed by atoms with Gasteiger partial charge >= 0.3 is 6.03 Å². The lowest BCUT2D eigenvalue weighted by atomic mass is 9.98. The summed E-state index contributed by atoms with van der Waals surface area (Å²) < 4.78 is 0. The van der Waals surface area contributed by atoms with Crippen molar-refractivity contribution >= 4 is 23.1 Å². The number of aromatic nitrogens is 3. The first-order chi connectivity index (χ1) is 12.7. The number of amides is 2. The Morgan fingerprint density at radius 2 is 2.23 bits per heavy atom. The van der Waals surface area contributed by atoms with Gasteiger partial charge in [0.25, 0.3) is 0 Å². The third kappa shape index (κ3) is 3.48. The van der Waals surface area contributed by atoms with Gasteiger partial charge in [0.15, 0.2) is 0 Å². The zero-order valence-corrected chi connectivity index (χ0v) is 15.4. The van der Waals surface area contributed by atoms with Crippen molar-refractivity contribution < 1.29 is 4.79 Å².